The lowest BCUT2D eigenvalue weighted by molar-refractivity contribution is -0.142. The third-order valence-corrected chi connectivity index (χ3v) is 5.31. The quantitative estimate of drug-likeness (QED) is 0.304. The van der Waals surface area contributed by atoms with E-state index in [4.69, 9.17) is 10.8 Å². The van der Waals surface area contributed by atoms with E-state index in [1.807, 2.05) is 6.92 Å². The molecule has 0 aliphatic carbocycles. The molecule has 1 aromatic heterocycles. The number of carbonyl (C=O) groups excluding carboxylic acids is 3. The van der Waals surface area contributed by atoms with Gasteiger partial charge < -0.3 is 26.8 Å². The van der Waals surface area contributed by atoms with Crippen molar-refractivity contribution < 1.29 is 24.3 Å². The monoisotopic (exact) mass is 449 g/mol. The molecule has 0 radical (unpaired) electrons. The molecule has 6 N–H and O–H groups in total. The lowest BCUT2D eigenvalue weighted by Crippen LogP contribution is -2.59. The zero-order valence-corrected chi connectivity index (χ0v) is 19.3. The molecular weight excluding hydrogens is 414 g/mol. The van der Waals surface area contributed by atoms with Crippen LogP contribution in [0.25, 0.3) is 0 Å². The van der Waals surface area contributed by atoms with Crippen molar-refractivity contribution in [1.29, 1.82) is 0 Å². The van der Waals surface area contributed by atoms with Gasteiger partial charge in [0.05, 0.1) is 6.04 Å². The van der Waals surface area contributed by atoms with Gasteiger partial charge in [-0.15, -0.1) is 0 Å². The minimum atomic E-state index is -1.18. The average molecular weight is 450 g/mol. The highest BCUT2D eigenvalue weighted by Gasteiger charge is 2.33. The highest BCUT2D eigenvalue weighted by molar-refractivity contribution is 5.94. The third kappa shape index (κ3) is 8.26. The van der Waals surface area contributed by atoms with E-state index in [0.29, 0.717) is 6.42 Å². The van der Waals surface area contributed by atoms with Crippen LogP contribution in [0.4, 0.5) is 0 Å². The van der Waals surface area contributed by atoms with Crippen molar-refractivity contribution >= 4 is 23.7 Å². The Labute approximate surface area is 188 Å². The Balaban J connectivity index is 2.88. The number of rotatable bonds is 12. The van der Waals surface area contributed by atoms with Crippen LogP contribution in [0.15, 0.2) is 24.5 Å². The molecule has 5 atom stereocenters. The molecular formula is C22H35N5O5. The Morgan fingerprint density at radius 2 is 1.47 bits per heavy atom. The van der Waals surface area contributed by atoms with E-state index in [0.717, 1.165) is 5.56 Å². The van der Waals surface area contributed by atoms with Gasteiger partial charge in [-0.1, -0.05) is 34.1 Å². The molecule has 1 heterocycles. The zero-order valence-electron chi connectivity index (χ0n) is 19.3. The molecule has 0 aliphatic rings. The Morgan fingerprint density at radius 1 is 0.938 bits per heavy atom. The van der Waals surface area contributed by atoms with E-state index in [1.165, 1.54) is 6.92 Å². The second-order valence-corrected chi connectivity index (χ2v) is 8.34. The molecule has 0 aromatic carbocycles. The minimum absolute atomic E-state index is 0.252. The summed E-state index contributed by atoms with van der Waals surface area (Å²) >= 11 is 0. The fourth-order valence-electron chi connectivity index (χ4n) is 2.97. The summed E-state index contributed by atoms with van der Waals surface area (Å²) in [6.07, 6.45) is 4.08. The SMILES string of the molecule is CC[C@H](C)[C@H](NC(=O)[C@@H](NC(=O)[C@@H](N)Cc1ccncc1)C(C)C)C(=O)N[C@@H](C)C(=O)O. The first-order valence-electron chi connectivity index (χ1n) is 10.8. The van der Waals surface area contributed by atoms with Gasteiger partial charge >= 0.3 is 5.97 Å². The summed E-state index contributed by atoms with van der Waals surface area (Å²) in [5, 5.41) is 16.8. The van der Waals surface area contributed by atoms with Gasteiger partial charge in [-0.05, 0) is 42.9 Å². The highest BCUT2D eigenvalue weighted by Crippen LogP contribution is 2.11. The predicted molar refractivity (Wildman–Crippen MR) is 119 cm³/mol. The lowest BCUT2D eigenvalue weighted by Gasteiger charge is -2.29. The van der Waals surface area contributed by atoms with Crippen LogP contribution in [-0.2, 0) is 25.6 Å². The number of pyridine rings is 1. The highest BCUT2D eigenvalue weighted by atomic mass is 16.4. The van der Waals surface area contributed by atoms with Crippen molar-refractivity contribution in [2.24, 2.45) is 17.6 Å². The molecule has 0 saturated carbocycles. The summed E-state index contributed by atoms with van der Waals surface area (Å²) in [4.78, 5) is 53.2. The molecule has 3 amide bonds. The van der Waals surface area contributed by atoms with Gasteiger partial charge in [0, 0.05) is 12.4 Å². The van der Waals surface area contributed by atoms with Crippen molar-refractivity contribution in [2.45, 2.75) is 71.6 Å². The number of carboxylic acids is 1. The number of carboxylic acid groups (broad SMARTS) is 1. The van der Waals surface area contributed by atoms with Gasteiger partial charge in [-0.2, -0.15) is 0 Å². The molecule has 0 unspecified atom stereocenters. The maximum absolute atomic E-state index is 13.0. The van der Waals surface area contributed by atoms with Gasteiger partial charge in [-0.3, -0.25) is 24.2 Å². The topological polar surface area (TPSA) is 164 Å². The molecule has 0 spiro atoms. The van der Waals surface area contributed by atoms with Crippen molar-refractivity contribution in [3.63, 3.8) is 0 Å². The van der Waals surface area contributed by atoms with Gasteiger partial charge in [0.15, 0.2) is 0 Å². The molecule has 1 rings (SSSR count). The van der Waals surface area contributed by atoms with Crippen molar-refractivity contribution in [2.75, 3.05) is 0 Å². The summed E-state index contributed by atoms with van der Waals surface area (Å²) < 4.78 is 0. The first-order chi connectivity index (χ1) is 15.0. The van der Waals surface area contributed by atoms with Crippen molar-refractivity contribution in [1.82, 2.24) is 20.9 Å². The second kappa shape index (κ2) is 12.7. The Bertz CT molecular complexity index is 786. The smallest absolute Gasteiger partial charge is 0.325 e. The summed E-state index contributed by atoms with van der Waals surface area (Å²) in [5.41, 5.74) is 6.86. The van der Waals surface area contributed by atoms with Crippen LogP contribution < -0.4 is 21.7 Å². The second-order valence-electron chi connectivity index (χ2n) is 8.34. The summed E-state index contributed by atoms with van der Waals surface area (Å²) in [6.45, 7) is 8.52. The number of amides is 3. The summed E-state index contributed by atoms with van der Waals surface area (Å²) in [5.74, 6) is -3.32. The van der Waals surface area contributed by atoms with E-state index in [1.54, 1.807) is 45.3 Å². The molecule has 0 saturated heterocycles. The summed E-state index contributed by atoms with van der Waals surface area (Å²) in [6, 6.07) is -0.310. The van der Waals surface area contributed by atoms with Crippen LogP contribution in [0.5, 0.6) is 0 Å². The maximum atomic E-state index is 13.0. The largest absolute Gasteiger partial charge is 0.480 e. The number of aliphatic carboxylic acids is 1. The summed E-state index contributed by atoms with van der Waals surface area (Å²) in [7, 11) is 0. The predicted octanol–water partition coefficient (Wildman–Crippen LogP) is 0.212. The van der Waals surface area contributed by atoms with E-state index < -0.39 is 47.9 Å². The molecule has 1 aromatic rings. The number of hydrogen-bond donors (Lipinski definition) is 5. The van der Waals surface area contributed by atoms with Crippen molar-refractivity contribution in [3.8, 4) is 0 Å². The normalized spacial score (nSPS) is 15.7. The zero-order chi connectivity index (χ0) is 24.4. The van der Waals surface area contributed by atoms with Gasteiger partial charge in [0.1, 0.15) is 18.1 Å². The standard InChI is InChI=1S/C22H35N5O5/c1-6-13(4)18(21(30)25-14(5)22(31)32)27-20(29)17(12(2)3)26-19(28)16(23)11-15-7-9-24-10-8-15/h7-10,12-14,16-18H,6,11,23H2,1-5H3,(H,25,30)(H,26,28)(H,27,29)(H,31,32)/t13-,14-,16-,17-,18-/m0/s1. The third-order valence-electron chi connectivity index (χ3n) is 5.31. The molecule has 178 valence electrons. The minimum Gasteiger partial charge on any atom is -0.480 e. The van der Waals surface area contributed by atoms with Gasteiger partial charge in [0.2, 0.25) is 17.7 Å². The first-order valence-corrected chi connectivity index (χ1v) is 10.8. The van der Waals surface area contributed by atoms with Gasteiger partial charge in [-0.25, -0.2) is 0 Å². The van der Waals surface area contributed by atoms with Crippen molar-refractivity contribution in [3.05, 3.63) is 30.1 Å². The fraction of sp³-hybridized carbons (Fsp3) is 0.591. The number of hydrogen-bond acceptors (Lipinski definition) is 6. The number of nitrogens with two attached hydrogens (primary N) is 1. The molecule has 10 nitrogen and oxygen atoms in total. The number of aromatic nitrogens is 1. The average Bonchev–Trinajstić information content (AvgIpc) is 2.74. The van der Waals surface area contributed by atoms with Crippen LogP contribution in [-0.4, -0.2) is 57.9 Å². The fourth-order valence-corrected chi connectivity index (χ4v) is 2.97. The number of carbonyl (C=O) groups is 4. The molecule has 0 aliphatic heterocycles. The van der Waals surface area contributed by atoms with Crippen LogP contribution in [0.1, 0.15) is 46.6 Å². The van der Waals surface area contributed by atoms with Gasteiger partial charge in [0.25, 0.3) is 0 Å². The number of nitrogens with one attached hydrogen (secondary N) is 3. The number of nitrogens with zero attached hydrogens (tertiary/aromatic N) is 1. The Hall–Kier alpha value is -3.01. The van der Waals surface area contributed by atoms with E-state index >= 15 is 0 Å². The molecule has 0 fully saturated rings. The molecule has 32 heavy (non-hydrogen) atoms. The lowest BCUT2D eigenvalue weighted by atomic mass is 9.96. The maximum Gasteiger partial charge on any atom is 0.325 e. The van der Waals surface area contributed by atoms with Crippen LogP contribution in [0.2, 0.25) is 0 Å². The van der Waals surface area contributed by atoms with E-state index in [2.05, 4.69) is 20.9 Å². The van der Waals surface area contributed by atoms with Crippen LogP contribution >= 0.6 is 0 Å². The van der Waals surface area contributed by atoms with Crippen LogP contribution in [0, 0.1) is 11.8 Å². The van der Waals surface area contributed by atoms with E-state index in [9.17, 15) is 19.2 Å². The Morgan fingerprint density at radius 3 is 1.97 bits per heavy atom. The Kier molecular flexibility index (Phi) is 10.8. The van der Waals surface area contributed by atoms with E-state index in [-0.39, 0.29) is 18.3 Å². The first kappa shape index (κ1) is 27.0. The molecule has 10 heteroatoms. The van der Waals surface area contributed by atoms with Crippen LogP contribution in [0.3, 0.4) is 0 Å². The molecule has 0 bridgehead atoms.